The van der Waals surface area contributed by atoms with E-state index in [2.05, 4.69) is 20.5 Å². The number of aryl methyl sites for hydroxylation is 1. The van der Waals surface area contributed by atoms with E-state index in [-0.39, 0.29) is 18.3 Å². The van der Waals surface area contributed by atoms with E-state index < -0.39 is 0 Å². The molecule has 4 aromatic rings. The Balaban J connectivity index is 1.68. The molecule has 1 amide bonds. The van der Waals surface area contributed by atoms with Crippen LogP contribution in [0.15, 0.2) is 67.0 Å². The van der Waals surface area contributed by atoms with Gasteiger partial charge in [0.25, 0.3) is 5.91 Å². The molecule has 0 fully saturated rings. The van der Waals surface area contributed by atoms with Gasteiger partial charge in [-0.05, 0) is 66.1 Å². The summed E-state index contributed by atoms with van der Waals surface area (Å²) in [7, 11) is 3.12. The lowest BCUT2D eigenvalue weighted by Crippen LogP contribution is -2.24. The van der Waals surface area contributed by atoms with Crippen LogP contribution in [0, 0.1) is 12.7 Å². The molecule has 0 atom stereocenters. The number of nitrogens with zero attached hydrogens (tertiary/aromatic N) is 3. The molecule has 4 rings (SSSR count). The van der Waals surface area contributed by atoms with Gasteiger partial charge in [0.2, 0.25) is 0 Å². The zero-order chi connectivity index (χ0) is 24.1. The van der Waals surface area contributed by atoms with Gasteiger partial charge in [0, 0.05) is 24.5 Å². The SMILES string of the molecule is COc1ccc(CNC(=O)c2cc(-c3cc(C)cc(F)c3)cnc2-c2cccnn2)cc1OC. The normalized spacial score (nSPS) is 10.6. The molecule has 8 heteroatoms. The third kappa shape index (κ3) is 5.01. The van der Waals surface area contributed by atoms with E-state index in [1.54, 1.807) is 56.9 Å². The molecule has 2 aromatic heterocycles. The van der Waals surface area contributed by atoms with Crippen molar-refractivity contribution in [3.8, 4) is 34.0 Å². The van der Waals surface area contributed by atoms with Gasteiger partial charge in [-0.3, -0.25) is 9.78 Å². The molecule has 34 heavy (non-hydrogen) atoms. The molecule has 2 heterocycles. The first kappa shape index (κ1) is 22.8. The average Bonchev–Trinajstić information content (AvgIpc) is 2.86. The summed E-state index contributed by atoms with van der Waals surface area (Å²) in [6.07, 6.45) is 3.15. The van der Waals surface area contributed by atoms with Crippen LogP contribution in [0.2, 0.25) is 0 Å². The molecular weight excluding hydrogens is 435 g/mol. The lowest BCUT2D eigenvalue weighted by atomic mass is 10.0. The van der Waals surface area contributed by atoms with E-state index in [1.807, 2.05) is 19.1 Å². The number of rotatable bonds is 7. The lowest BCUT2D eigenvalue weighted by molar-refractivity contribution is 0.0951. The quantitative estimate of drug-likeness (QED) is 0.436. The van der Waals surface area contributed by atoms with Gasteiger partial charge in [0.15, 0.2) is 11.5 Å². The summed E-state index contributed by atoms with van der Waals surface area (Å²) < 4.78 is 24.6. The summed E-state index contributed by atoms with van der Waals surface area (Å²) in [6.45, 7) is 2.06. The van der Waals surface area contributed by atoms with Crippen LogP contribution in [0.5, 0.6) is 11.5 Å². The van der Waals surface area contributed by atoms with Crippen molar-refractivity contribution in [2.24, 2.45) is 0 Å². The Bertz CT molecular complexity index is 1310. The van der Waals surface area contributed by atoms with E-state index in [0.29, 0.717) is 39.6 Å². The standard InChI is InChI=1S/C26H23FN4O3/c1-16-9-18(12-20(27)10-16)19-13-21(25(28-15-19)22-5-4-8-30-31-22)26(32)29-14-17-6-7-23(33-2)24(11-17)34-3/h4-13,15H,14H2,1-3H3,(H,29,32). The van der Waals surface area contributed by atoms with Crippen LogP contribution in [0.1, 0.15) is 21.5 Å². The van der Waals surface area contributed by atoms with Crippen LogP contribution < -0.4 is 14.8 Å². The minimum Gasteiger partial charge on any atom is -0.493 e. The molecule has 0 saturated carbocycles. The minimum absolute atomic E-state index is 0.252. The van der Waals surface area contributed by atoms with Gasteiger partial charge in [-0.25, -0.2) is 4.39 Å². The summed E-state index contributed by atoms with van der Waals surface area (Å²) in [5.41, 5.74) is 4.00. The zero-order valence-corrected chi connectivity index (χ0v) is 19.0. The third-order valence-corrected chi connectivity index (χ3v) is 5.22. The first-order chi connectivity index (χ1) is 16.5. The smallest absolute Gasteiger partial charge is 0.253 e. The van der Waals surface area contributed by atoms with Crippen molar-refractivity contribution in [2.45, 2.75) is 13.5 Å². The second-order valence-electron chi connectivity index (χ2n) is 7.62. The highest BCUT2D eigenvalue weighted by Crippen LogP contribution is 2.29. The number of pyridine rings is 1. The highest BCUT2D eigenvalue weighted by molar-refractivity contribution is 6.00. The molecule has 0 spiro atoms. The number of halogens is 1. The summed E-state index contributed by atoms with van der Waals surface area (Å²) in [5.74, 6) is 0.467. The maximum Gasteiger partial charge on any atom is 0.253 e. The number of nitrogens with one attached hydrogen (secondary N) is 1. The molecule has 0 saturated heterocycles. The predicted octanol–water partition coefficient (Wildman–Crippen LogP) is 4.60. The summed E-state index contributed by atoms with van der Waals surface area (Å²) in [4.78, 5) is 17.8. The Hall–Kier alpha value is -4.33. The van der Waals surface area contributed by atoms with Gasteiger partial charge >= 0.3 is 0 Å². The maximum absolute atomic E-state index is 14.0. The summed E-state index contributed by atoms with van der Waals surface area (Å²) in [6, 6.07) is 15.3. The van der Waals surface area contributed by atoms with Crippen molar-refractivity contribution in [1.29, 1.82) is 0 Å². The Labute approximate surface area is 196 Å². The van der Waals surface area contributed by atoms with Gasteiger partial charge in [-0.15, -0.1) is 5.10 Å². The summed E-state index contributed by atoms with van der Waals surface area (Å²) in [5, 5.41) is 10.9. The van der Waals surface area contributed by atoms with E-state index in [0.717, 1.165) is 11.1 Å². The van der Waals surface area contributed by atoms with E-state index >= 15 is 0 Å². The van der Waals surface area contributed by atoms with E-state index in [9.17, 15) is 9.18 Å². The number of hydrogen-bond donors (Lipinski definition) is 1. The number of aromatic nitrogens is 3. The van der Waals surface area contributed by atoms with Crippen LogP contribution in [0.3, 0.4) is 0 Å². The molecule has 2 aromatic carbocycles. The average molecular weight is 458 g/mol. The van der Waals surface area contributed by atoms with Gasteiger partial charge in [-0.2, -0.15) is 5.10 Å². The first-order valence-corrected chi connectivity index (χ1v) is 10.5. The molecule has 7 nitrogen and oxygen atoms in total. The molecule has 1 N–H and O–H groups in total. The van der Waals surface area contributed by atoms with Gasteiger partial charge < -0.3 is 14.8 Å². The van der Waals surface area contributed by atoms with E-state index in [1.165, 1.54) is 12.1 Å². The van der Waals surface area contributed by atoms with Gasteiger partial charge in [0.1, 0.15) is 17.2 Å². The fourth-order valence-electron chi connectivity index (χ4n) is 3.60. The molecule has 0 unspecified atom stereocenters. The largest absolute Gasteiger partial charge is 0.493 e. The Morgan fingerprint density at radius 1 is 1.00 bits per heavy atom. The number of ether oxygens (including phenoxy) is 2. The van der Waals surface area contributed by atoms with Crippen LogP contribution in [-0.2, 0) is 6.54 Å². The van der Waals surface area contributed by atoms with Crippen LogP contribution >= 0.6 is 0 Å². The van der Waals surface area contributed by atoms with Gasteiger partial charge in [-0.1, -0.05) is 12.1 Å². The highest BCUT2D eigenvalue weighted by Gasteiger charge is 2.18. The van der Waals surface area contributed by atoms with Crippen molar-refractivity contribution in [2.75, 3.05) is 14.2 Å². The lowest BCUT2D eigenvalue weighted by Gasteiger charge is -2.13. The molecule has 0 bridgehead atoms. The second kappa shape index (κ2) is 10.1. The highest BCUT2D eigenvalue weighted by atomic mass is 19.1. The third-order valence-electron chi connectivity index (χ3n) is 5.22. The van der Waals surface area contributed by atoms with Crippen molar-refractivity contribution < 1.29 is 18.7 Å². The molecule has 0 aliphatic carbocycles. The van der Waals surface area contributed by atoms with Crippen molar-refractivity contribution in [1.82, 2.24) is 20.5 Å². The Morgan fingerprint density at radius 3 is 2.53 bits per heavy atom. The predicted molar refractivity (Wildman–Crippen MR) is 126 cm³/mol. The number of carbonyl (C=O) groups excluding carboxylic acids is 1. The van der Waals surface area contributed by atoms with Crippen molar-refractivity contribution in [3.05, 3.63) is 89.5 Å². The number of methoxy groups -OCH3 is 2. The summed E-state index contributed by atoms with van der Waals surface area (Å²) >= 11 is 0. The number of benzene rings is 2. The monoisotopic (exact) mass is 458 g/mol. The number of hydrogen-bond acceptors (Lipinski definition) is 6. The molecular formula is C26H23FN4O3. The Morgan fingerprint density at radius 2 is 1.82 bits per heavy atom. The maximum atomic E-state index is 14.0. The van der Waals surface area contributed by atoms with Crippen molar-refractivity contribution in [3.63, 3.8) is 0 Å². The fraction of sp³-hybridized carbons (Fsp3) is 0.154. The zero-order valence-electron chi connectivity index (χ0n) is 19.0. The van der Waals surface area contributed by atoms with E-state index in [4.69, 9.17) is 9.47 Å². The molecule has 172 valence electrons. The van der Waals surface area contributed by atoms with Crippen LogP contribution in [0.25, 0.3) is 22.5 Å². The van der Waals surface area contributed by atoms with Gasteiger partial charge in [0.05, 0.1) is 19.8 Å². The Kier molecular flexibility index (Phi) is 6.77. The van der Waals surface area contributed by atoms with Crippen LogP contribution in [-0.4, -0.2) is 35.3 Å². The first-order valence-electron chi connectivity index (χ1n) is 10.5. The molecule has 0 radical (unpaired) electrons. The second-order valence-corrected chi connectivity index (χ2v) is 7.62. The van der Waals surface area contributed by atoms with Crippen molar-refractivity contribution >= 4 is 5.91 Å². The fourth-order valence-corrected chi connectivity index (χ4v) is 3.60. The minimum atomic E-state index is -0.354. The van der Waals surface area contributed by atoms with Crippen LogP contribution in [0.4, 0.5) is 4.39 Å². The molecule has 0 aliphatic rings. The number of amides is 1. The molecule has 0 aliphatic heterocycles. The topological polar surface area (TPSA) is 86.2 Å². The number of carbonyl (C=O) groups is 1.